The Morgan fingerprint density at radius 1 is 1.25 bits per heavy atom. The standard InChI is InChI=1S/C21H28O6S/c1-4-25-20(22)18-13-21(26-11-12-27-21)10-9-19(18)28(23,24)14-16-7-5-6-8-17(16)15(2)3/h5-8,13,15,19H,4,9-12,14H2,1-3H3. The highest BCUT2D eigenvalue weighted by atomic mass is 32.2. The second kappa shape index (κ2) is 8.35. The summed E-state index contributed by atoms with van der Waals surface area (Å²) in [7, 11) is -3.63. The van der Waals surface area contributed by atoms with Crippen LogP contribution in [-0.4, -0.2) is 45.2 Å². The van der Waals surface area contributed by atoms with Gasteiger partial charge in [-0.1, -0.05) is 38.1 Å². The average Bonchev–Trinajstić information content (AvgIpc) is 3.09. The van der Waals surface area contributed by atoms with Gasteiger partial charge in [0.15, 0.2) is 15.6 Å². The second-order valence-electron chi connectivity index (χ2n) is 7.52. The van der Waals surface area contributed by atoms with Gasteiger partial charge in [0.2, 0.25) is 0 Å². The summed E-state index contributed by atoms with van der Waals surface area (Å²) in [6, 6.07) is 7.55. The van der Waals surface area contributed by atoms with E-state index in [2.05, 4.69) is 0 Å². The number of rotatable bonds is 6. The van der Waals surface area contributed by atoms with Crippen LogP contribution in [0.1, 0.15) is 50.7 Å². The Kier molecular flexibility index (Phi) is 6.27. The lowest BCUT2D eigenvalue weighted by molar-refractivity contribution is -0.143. The number of hydrogen-bond acceptors (Lipinski definition) is 6. The first-order valence-corrected chi connectivity index (χ1v) is 11.5. The van der Waals surface area contributed by atoms with Gasteiger partial charge >= 0.3 is 5.97 Å². The minimum atomic E-state index is -3.63. The number of carbonyl (C=O) groups excluding carboxylic acids is 1. The summed E-state index contributed by atoms with van der Waals surface area (Å²) in [5, 5.41) is -0.926. The summed E-state index contributed by atoms with van der Waals surface area (Å²) >= 11 is 0. The average molecular weight is 409 g/mol. The van der Waals surface area contributed by atoms with Crippen LogP contribution >= 0.6 is 0 Å². The molecule has 1 atom stereocenters. The van der Waals surface area contributed by atoms with Crippen LogP contribution in [0.2, 0.25) is 0 Å². The molecule has 2 aliphatic rings. The van der Waals surface area contributed by atoms with E-state index in [1.807, 2.05) is 38.1 Å². The van der Waals surface area contributed by atoms with Crippen LogP contribution < -0.4 is 0 Å². The number of ether oxygens (including phenoxy) is 3. The van der Waals surface area contributed by atoms with Crippen molar-refractivity contribution in [3.8, 4) is 0 Å². The molecule has 1 aromatic rings. The van der Waals surface area contributed by atoms with E-state index in [0.29, 0.717) is 19.6 Å². The molecule has 3 rings (SSSR count). The van der Waals surface area contributed by atoms with Gasteiger partial charge in [0, 0.05) is 6.42 Å². The van der Waals surface area contributed by atoms with Crippen LogP contribution in [0.15, 0.2) is 35.9 Å². The maximum absolute atomic E-state index is 13.3. The van der Waals surface area contributed by atoms with E-state index in [-0.39, 0.29) is 30.3 Å². The first-order chi connectivity index (χ1) is 13.3. The van der Waals surface area contributed by atoms with Crippen molar-refractivity contribution < 1.29 is 27.4 Å². The Hall–Kier alpha value is -1.70. The van der Waals surface area contributed by atoms with E-state index in [1.165, 1.54) is 6.08 Å². The highest BCUT2D eigenvalue weighted by Crippen LogP contribution is 2.38. The molecule has 0 radical (unpaired) electrons. The number of benzene rings is 1. The lowest BCUT2D eigenvalue weighted by atomic mass is 9.94. The molecule has 154 valence electrons. The maximum Gasteiger partial charge on any atom is 0.335 e. The first-order valence-electron chi connectivity index (χ1n) is 9.75. The van der Waals surface area contributed by atoms with Crippen molar-refractivity contribution in [2.45, 2.75) is 56.3 Å². The zero-order chi connectivity index (χ0) is 20.4. The van der Waals surface area contributed by atoms with Crippen molar-refractivity contribution in [3.63, 3.8) is 0 Å². The molecular formula is C21H28O6S. The lowest BCUT2D eigenvalue weighted by Crippen LogP contribution is -2.41. The largest absolute Gasteiger partial charge is 0.463 e. The molecule has 1 saturated heterocycles. The Balaban J connectivity index is 1.94. The van der Waals surface area contributed by atoms with Crippen LogP contribution in [0.4, 0.5) is 0 Å². The van der Waals surface area contributed by atoms with Gasteiger partial charge in [-0.3, -0.25) is 0 Å². The molecule has 1 aliphatic carbocycles. The van der Waals surface area contributed by atoms with E-state index < -0.39 is 26.8 Å². The molecule has 1 fully saturated rings. The summed E-state index contributed by atoms with van der Waals surface area (Å²) < 4.78 is 43.1. The molecule has 6 nitrogen and oxygen atoms in total. The van der Waals surface area contributed by atoms with Gasteiger partial charge in [0.05, 0.1) is 36.4 Å². The highest BCUT2D eigenvalue weighted by molar-refractivity contribution is 7.91. The molecule has 1 aromatic carbocycles. The molecule has 1 spiro atoms. The van der Waals surface area contributed by atoms with Gasteiger partial charge in [0.25, 0.3) is 0 Å². The van der Waals surface area contributed by atoms with Crippen LogP contribution in [-0.2, 0) is 34.6 Å². The van der Waals surface area contributed by atoms with Gasteiger partial charge in [-0.05, 0) is 36.5 Å². The molecule has 0 N–H and O–H groups in total. The third-order valence-electron chi connectivity index (χ3n) is 5.23. The predicted octanol–water partition coefficient (Wildman–Crippen LogP) is 3.12. The fourth-order valence-corrected chi connectivity index (χ4v) is 5.84. The van der Waals surface area contributed by atoms with Crippen molar-refractivity contribution in [2.75, 3.05) is 19.8 Å². The van der Waals surface area contributed by atoms with E-state index in [0.717, 1.165) is 11.1 Å². The SMILES string of the molecule is CCOC(=O)C1=CC2(CCC1S(=O)(=O)Cc1ccccc1C(C)C)OCCO2. The summed E-state index contributed by atoms with van der Waals surface area (Å²) in [6.45, 7) is 6.79. The zero-order valence-corrected chi connectivity index (χ0v) is 17.5. The number of hydrogen-bond donors (Lipinski definition) is 0. The summed E-state index contributed by atoms with van der Waals surface area (Å²) in [5.41, 5.74) is 1.90. The molecule has 1 aliphatic heterocycles. The maximum atomic E-state index is 13.3. The smallest absolute Gasteiger partial charge is 0.335 e. The lowest BCUT2D eigenvalue weighted by Gasteiger charge is -2.33. The fraction of sp³-hybridized carbons (Fsp3) is 0.571. The van der Waals surface area contributed by atoms with E-state index in [4.69, 9.17) is 14.2 Å². The first kappa shape index (κ1) is 21.0. The van der Waals surface area contributed by atoms with E-state index >= 15 is 0 Å². The normalized spacial score (nSPS) is 21.7. The van der Waals surface area contributed by atoms with Crippen LogP contribution in [0, 0.1) is 0 Å². The third-order valence-corrected chi connectivity index (χ3v) is 7.30. The van der Waals surface area contributed by atoms with Crippen molar-refractivity contribution in [3.05, 3.63) is 47.0 Å². The van der Waals surface area contributed by atoms with Gasteiger partial charge in [-0.2, -0.15) is 0 Å². The quantitative estimate of drug-likeness (QED) is 0.673. The minimum Gasteiger partial charge on any atom is -0.463 e. The van der Waals surface area contributed by atoms with Crippen molar-refractivity contribution in [1.29, 1.82) is 0 Å². The van der Waals surface area contributed by atoms with Crippen LogP contribution in [0.25, 0.3) is 0 Å². The van der Waals surface area contributed by atoms with Gasteiger partial charge in [-0.15, -0.1) is 0 Å². The van der Waals surface area contributed by atoms with Gasteiger partial charge in [0.1, 0.15) is 0 Å². The molecular weight excluding hydrogens is 380 g/mol. The van der Waals surface area contributed by atoms with Gasteiger partial charge < -0.3 is 14.2 Å². The summed E-state index contributed by atoms with van der Waals surface area (Å²) in [6.07, 6.45) is 2.18. The molecule has 0 amide bonds. The van der Waals surface area contributed by atoms with Crippen molar-refractivity contribution >= 4 is 15.8 Å². The van der Waals surface area contributed by atoms with Crippen LogP contribution in [0.3, 0.4) is 0 Å². The van der Waals surface area contributed by atoms with Crippen molar-refractivity contribution in [1.82, 2.24) is 0 Å². The molecule has 0 bridgehead atoms. The summed E-state index contributed by atoms with van der Waals surface area (Å²) in [5.74, 6) is -1.53. The van der Waals surface area contributed by atoms with E-state index in [1.54, 1.807) is 6.92 Å². The molecule has 28 heavy (non-hydrogen) atoms. The minimum absolute atomic E-state index is 0.114. The molecule has 7 heteroatoms. The number of sulfone groups is 1. The third kappa shape index (κ3) is 4.31. The number of esters is 1. The second-order valence-corrected chi connectivity index (χ2v) is 9.70. The Bertz CT molecular complexity index is 849. The van der Waals surface area contributed by atoms with Gasteiger partial charge in [-0.25, -0.2) is 13.2 Å². The highest BCUT2D eigenvalue weighted by Gasteiger charge is 2.46. The zero-order valence-electron chi connectivity index (χ0n) is 16.6. The Morgan fingerprint density at radius 2 is 1.93 bits per heavy atom. The van der Waals surface area contributed by atoms with Crippen LogP contribution in [0.5, 0.6) is 0 Å². The Morgan fingerprint density at radius 3 is 2.57 bits per heavy atom. The molecule has 1 heterocycles. The monoisotopic (exact) mass is 408 g/mol. The Labute approximate surface area is 166 Å². The van der Waals surface area contributed by atoms with E-state index in [9.17, 15) is 13.2 Å². The molecule has 0 aromatic heterocycles. The topological polar surface area (TPSA) is 78.9 Å². The molecule has 0 saturated carbocycles. The fourth-order valence-electron chi connectivity index (χ4n) is 3.91. The predicted molar refractivity (Wildman–Crippen MR) is 106 cm³/mol. The summed E-state index contributed by atoms with van der Waals surface area (Å²) in [4.78, 5) is 12.6. The van der Waals surface area contributed by atoms with Crippen molar-refractivity contribution in [2.24, 2.45) is 0 Å². The number of carbonyl (C=O) groups is 1. The molecule has 1 unspecified atom stereocenters.